The summed E-state index contributed by atoms with van der Waals surface area (Å²) in [4.78, 5) is 13.2. The molecule has 3 aliphatic rings. The van der Waals surface area contributed by atoms with E-state index >= 15 is 0 Å². The fourth-order valence-electron chi connectivity index (χ4n) is 4.06. The minimum absolute atomic E-state index is 0.200. The van der Waals surface area contributed by atoms with Crippen LogP contribution in [0.15, 0.2) is 0 Å². The van der Waals surface area contributed by atoms with E-state index in [9.17, 15) is 9.90 Å². The standard InChI is InChI=1S/C14H26N2O2/c1-12(2,3)16(11(17)18)14-7-4-13(10-15,5-8-14)6-9-14/h4-10,15H2,1-3H3,(H,17,18)/p-1. The summed E-state index contributed by atoms with van der Waals surface area (Å²) in [6.45, 7) is 6.61. The minimum atomic E-state index is -1.02. The highest BCUT2D eigenvalue weighted by Gasteiger charge is 2.52. The molecule has 0 aromatic carbocycles. The topological polar surface area (TPSA) is 69.4 Å². The number of amides is 1. The van der Waals surface area contributed by atoms with Gasteiger partial charge in [0.2, 0.25) is 0 Å². The molecule has 3 fully saturated rings. The molecule has 4 heteroatoms. The van der Waals surface area contributed by atoms with Crippen molar-refractivity contribution >= 4 is 6.09 Å². The van der Waals surface area contributed by atoms with Gasteiger partial charge in [0.15, 0.2) is 0 Å². The molecule has 2 N–H and O–H groups in total. The zero-order valence-electron chi connectivity index (χ0n) is 11.8. The van der Waals surface area contributed by atoms with Crippen LogP contribution in [0.4, 0.5) is 4.79 Å². The van der Waals surface area contributed by atoms with E-state index in [1.54, 1.807) is 4.90 Å². The van der Waals surface area contributed by atoms with Gasteiger partial charge in [-0.1, -0.05) is 0 Å². The maximum atomic E-state index is 11.6. The van der Waals surface area contributed by atoms with Gasteiger partial charge in [-0.25, -0.2) is 0 Å². The molecule has 3 saturated carbocycles. The molecular weight excluding hydrogens is 228 g/mol. The molecule has 3 aliphatic carbocycles. The molecule has 4 nitrogen and oxygen atoms in total. The van der Waals surface area contributed by atoms with Crippen LogP contribution in [0.1, 0.15) is 59.3 Å². The lowest BCUT2D eigenvalue weighted by Crippen LogP contribution is -2.67. The molecule has 3 rings (SSSR count). The highest BCUT2D eigenvalue weighted by atomic mass is 16.4. The highest BCUT2D eigenvalue weighted by Crippen LogP contribution is 2.55. The fourth-order valence-corrected chi connectivity index (χ4v) is 4.06. The molecule has 0 aromatic rings. The average molecular weight is 253 g/mol. The summed E-state index contributed by atoms with van der Waals surface area (Å²) < 4.78 is 0. The van der Waals surface area contributed by atoms with Crippen molar-refractivity contribution in [3.05, 3.63) is 0 Å². The van der Waals surface area contributed by atoms with E-state index in [0.717, 1.165) is 45.1 Å². The SMILES string of the molecule is CC(C)(C)N(C(=O)[O-])C12CCC(CN)(CC1)CC2. The van der Waals surface area contributed by atoms with E-state index < -0.39 is 6.09 Å². The lowest BCUT2D eigenvalue weighted by Gasteiger charge is -2.61. The largest absolute Gasteiger partial charge is 0.530 e. The molecule has 0 spiro atoms. The van der Waals surface area contributed by atoms with E-state index in [1.807, 2.05) is 20.8 Å². The van der Waals surface area contributed by atoms with Gasteiger partial charge < -0.3 is 20.5 Å². The zero-order chi connectivity index (χ0) is 13.6. The number of carbonyl (C=O) groups excluding carboxylic acids is 1. The van der Waals surface area contributed by atoms with Crippen LogP contribution in [0.3, 0.4) is 0 Å². The maximum Gasteiger partial charge on any atom is 0.137 e. The quantitative estimate of drug-likeness (QED) is 0.810. The molecule has 0 saturated heterocycles. The zero-order valence-corrected chi connectivity index (χ0v) is 11.8. The number of nitrogens with two attached hydrogens (primary N) is 1. The number of nitrogens with zero attached hydrogens (tertiary/aromatic N) is 1. The summed E-state index contributed by atoms with van der Waals surface area (Å²) in [6.07, 6.45) is 4.97. The second-order valence-corrected chi connectivity index (χ2v) is 7.20. The Morgan fingerprint density at radius 2 is 1.61 bits per heavy atom. The Kier molecular flexibility index (Phi) is 3.13. The average Bonchev–Trinajstić information content (AvgIpc) is 2.28. The first kappa shape index (κ1) is 13.7. The third-order valence-electron chi connectivity index (χ3n) is 5.12. The van der Waals surface area contributed by atoms with Crippen molar-refractivity contribution in [3.8, 4) is 0 Å². The van der Waals surface area contributed by atoms with Gasteiger partial charge in [0.1, 0.15) is 6.09 Å². The molecule has 0 aromatic heterocycles. The van der Waals surface area contributed by atoms with Gasteiger partial charge in [0.25, 0.3) is 0 Å². The molecule has 1 amide bonds. The predicted octanol–water partition coefficient (Wildman–Crippen LogP) is 1.48. The Morgan fingerprint density at radius 1 is 1.17 bits per heavy atom. The summed E-state index contributed by atoms with van der Waals surface area (Å²) in [6, 6.07) is 0. The highest BCUT2D eigenvalue weighted by molar-refractivity contribution is 5.65. The van der Waals surface area contributed by atoms with Gasteiger partial charge in [-0.05, 0) is 71.3 Å². The van der Waals surface area contributed by atoms with Gasteiger partial charge in [-0.3, -0.25) is 0 Å². The van der Waals surface area contributed by atoms with Crippen molar-refractivity contribution in [2.45, 2.75) is 70.4 Å². The van der Waals surface area contributed by atoms with Crippen molar-refractivity contribution in [2.24, 2.45) is 11.1 Å². The van der Waals surface area contributed by atoms with E-state index in [2.05, 4.69) is 0 Å². The smallest absolute Gasteiger partial charge is 0.137 e. The Hall–Kier alpha value is -0.770. The molecule has 18 heavy (non-hydrogen) atoms. The van der Waals surface area contributed by atoms with Crippen molar-refractivity contribution in [1.82, 2.24) is 4.90 Å². The third-order valence-corrected chi connectivity index (χ3v) is 5.12. The molecule has 0 unspecified atom stereocenters. The summed E-state index contributed by atoms with van der Waals surface area (Å²) in [5.74, 6) is 0. The number of carboxylic acid groups (broad SMARTS) is 1. The Bertz CT molecular complexity index is 322. The Morgan fingerprint density at radius 3 is 1.89 bits per heavy atom. The van der Waals surface area contributed by atoms with Crippen LogP contribution in [0.2, 0.25) is 0 Å². The summed E-state index contributed by atoms with van der Waals surface area (Å²) >= 11 is 0. The number of hydrogen-bond acceptors (Lipinski definition) is 3. The lowest BCUT2D eigenvalue weighted by atomic mass is 9.56. The van der Waals surface area contributed by atoms with Crippen LogP contribution in [-0.2, 0) is 0 Å². The molecular formula is C14H25N2O2-. The summed E-state index contributed by atoms with van der Waals surface area (Å²) in [7, 11) is 0. The first-order valence-corrected chi connectivity index (χ1v) is 6.96. The van der Waals surface area contributed by atoms with E-state index in [1.165, 1.54) is 0 Å². The summed E-state index contributed by atoms with van der Waals surface area (Å²) in [5.41, 5.74) is 5.59. The maximum absolute atomic E-state index is 11.6. The van der Waals surface area contributed by atoms with Crippen LogP contribution in [-0.4, -0.2) is 28.6 Å². The van der Waals surface area contributed by atoms with Crippen molar-refractivity contribution in [1.29, 1.82) is 0 Å². The van der Waals surface area contributed by atoms with Crippen LogP contribution >= 0.6 is 0 Å². The van der Waals surface area contributed by atoms with Gasteiger partial charge in [0.05, 0.1) is 0 Å². The molecule has 2 bridgehead atoms. The van der Waals surface area contributed by atoms with Gasteiger partial charge in [0, 0.05) is 11.1 Å². The molecule has 0 aliphatic heterocycles. The van der Waals surface area contributed by atoms with Gasteiger partial charge in [-0.15, -0.1) is 0 Å². The van der Waals surface area contributed by atoms with Crippen molar-refractivity contribution in [3.63, 3.8) is 0 Å². The first-order chi connectivity index (χ1) is 8.25. The van der Waals surface area contributed by atoms with Crippen LogP contribution in [0.5, 0.6) is 0 Å². The predicted molar refractivity (Wildman–Crippen MR) is 68.9 cm³/mol. The number of hydrogen-bond donors (Lipinski definition) is 1. The monoisotopic (exact) mass is 253 g/mol. The Balaban J connectivity index is 2.26. The van der Waals surface area contributed by atoms with E-state index in [-0.39, 0.29) is 16.5 Å². The molecule has 0 radical (unpaired) electrons. The molecule has 0 atom stereocenters. The first-order valence-electron chi connectivity index (χ1n) is 6.96. The lowest BCUT2D eigenvalue weighted by molar-refractivity contribution is -0.282. The second-order valence-electron chi connectivity index (χ2n) is 7.20. The van der Waals surface area contributed by atoms with Crippen molar-refractivity contribution < 1.29 is 9.90 Å². The number of rotatable bonds is 2. The minimum Gasteiger partial charge on any atom is -0.530 e. The van der Waals surface area contributed by atoms with E-state index in [0.29, 0.717) is 0 Å². The summed E-state index contributed by atoms with van der Waals surface area (Å²) in [5, 5.41) is 11.6. The second kappa shape index (κ2) is 4.12. The molecule has 104 valence electrons. The number of fused-ring (bicyclic) bond motifs is 3. The van der Waals surface area contributed by atoms with Crippen LogP contribution < -0.4 is 10.8 Å². The Labute approximate surface area is 110 Å². The molecule has 0 heterocycles. The van der Waals surface area contributed by atoms with Gasteiger partial charge in [-0.2, -0.15) is 0 Å². The third kappa shape index (κ3) is 2.00. The van der Waals surface area contributed by atoms with Crippen LogP contribution in [0.25, 0.3) is 0 Å². The fraction of sp³-hybridized carbons (Fsp3) is 0.929. The normalized spacial score (nSPS) is 35.6. The van der Waals surface area contributed by atoms with Gasteiger partial charge >= 0.3 is 0 Å². The van der Waals surface area contributed by atoms with Crippen LogP contribution in [0, 0.1) is 5.41 Å². The van der Waals surface area contributed by atoms with E-state index in [4.69, 9.17) is 5.73 Å². The number of carbonyl (C=O) groups is 1. The van der Waals surface area contributed by atoms with Crippen molar-refractivity contribution in [2.75, 3.05) is 6.54 Å².